The summed E-state index contributed by atoms with van der Waals surface area (Å²) in [6.07, 6.45) is 0. The Morgan fingerprint density at radius 3 is 2.62 bits per heavy atom. The van der Waals surface area contributed by atoms with Crippen LogP contribution in [0.15, 0.2) is 29.2 Å². The van der Waals surface area contributed by atoms with E-state index in [1.54, 1.807) is 19.1 Å². The van der Waals surface area contributed by atoms with Crippen LogP contribution in [0.2, 0.25) is 5.02 Å². The molecule has 1 atom stereocenters. The first-order valence-corrected chi connectivity index (χ1v) is 6.59. The molecule has 0 amide bonds. The molecule has 0 aliphatic heterocycles. The third-order valence-electron chi connectivity index (χ3n) is 1.90. The molecule has 1 unspecified atom stereocenters. The molecule has 0 spiro atoms. The molecule has 6 heteroatoms. The van der Waals surface area contributed by atoms with Crippen LogP contribution in [0.1, 0.15) is 6.92 Å². The van der Waals surface area contributed by atoms with Crippen molar-refractivity contribution in [2.75, 3.05) is 13.7 Å². The van der Waals surface area contributed by atoms with E-state index in [-0.39, 0.29) is 16.0 Å². The lowest BCUT2D eigenvalue weighted by molar-refractivity contribution is 0.180. The van der Waals surface area contributed by atoms with E-state index in [4.69, 9.17) is 16.3 Å². The summed E-state index contributed by atoms with van der Waals surface area (Å²) in [6.45, 7) is 2.03. The van der Waals surface area contributed by atoms with Crippen molar-refractivity contribution in [1.29, 1.82) is 0 Å². The van der Waals surface area contributed by atoms with Gasteiger partial charge in [-0.2, -0.15) is 0 Å². The van der Waals surface area contributed by atoms with E-state index in [0.717, 1.165) is 0 Å². The van der Waals surface area contributed by atoms with Crippen molar-refractivity contribution in [3.05, 3.63) is 29.3 Å². The fraction of sp³-hybridized carbons (Fsp3) is 0.400. The minimum Gasteiger partial charge on any atom is -0.383 e. The second-order valence-corrected chi connectivity index (χ2v) is 5.50. The molecule has 0 heterocycles. The second kappa shape index (κ2) is 5.63. The van der Waals surface area contributed by atoms with Crippen LogP contribution in [0.4, 0.5) is 0 Å². The zero-order valence-corrected chi connectivity index (χ0v) is 10.7. The highest BCUT2D eigenvalue weighted by Crippen LogP contribution is 2.20. The summed E-state index contributed by atoms with van der Waals surface area (Å²) >= 11 is 5.82. The third-order valence-corrected chi connectivity index (χ3v) is 3.99. The van der Waals surface area contributed by atoms with Crippen LogP contribution in [0, 0.1) is 0 Å². The van der Waals surface area contributed by atoms with Crippen molar-refractivity contribution < 1.29 is 13.2 Å². The van der Waals surface area contributed by atoms with E-state index < -0.39 is 10.0 Å². The first-order valence-electron chi connectivity index (χ1n) is 4.73. The van der Waals surface area contributed by atoms with Gasteiger partial charge in [0.1, 0.15) is 4.90 Å². The van der Waals surface area contributed by atoms with E-state index in [1.165, 1.54) is 19.2 Å². The largest absolute Gasteiger partial charge is 0.383 e. The Labute approximate surface area is 101 Å². The zero-order chi connectivity index (χ0) is 12.2. The van der Waals surface area contributed by atoms with Gasteiger partial charge >= 0.3 is 0 Å². The van der Waals surface area contributed by atoms with E-state index in [2.05, 4.69) is 4.72 Å². The number of hydrogen-bond acceptors (Lipinski definition) is 3. The van der Waals surface area contributed by atoms with E-state index >= 15 is 0 Å². The molecule has 0 saturated carbocycles. The third kappa shape index (κ3) is 3.45. The molecule has 1 N–H and O–H groups in total. The van der Waals surface area contributed by atoms with E-state index in [9.17, 15) is 8.42 Å². The molecular formula is C10H14ClNO3S. The number of rotatable bonds is 5. The number of nitrogens with one attached hydrogen (secondary N) is 1. The maximum atomic E-state index is 11.9. The molecule has 1 aromatic rings. The normalized spacial score (nSPS) is 13.7. The van der Waals surface area contributed by atoms with Crippen LogP contribution < -0.4 is 4.72 Å². The summed E-state index contributed by atoms with van der Waals surface area (Å²) in [5.74, 6) is 0. The molecule has 1 aromatic carbocycles. The highest BCUT2D eigenvalue weighted by Gasteiger charge is 2.19. The van der Waals surface area contributed by atoms with Crippen molar-refractivity contribution in [2.45, 2.75) is 17.9 Å². The predicted molar refractivity (Wildman–Crippen MR) is 63.1 cm³/mol. The summed E-state index contributed by atoms with van der Waals surface area (Å²) in [7, 11) is -2.06. The van der Waals surface area contributed by atoms with Crippen molar-refractivity contribution in [2.24, 2.45) is 0 Å². The van der Waals surface area contributed by atoms with Gasteiger partial charge in [-0.15, -0.1) is 0 Å². The van der Waals surface area contributed by atoms with Crippen molar-refractivity contribution in [1.82, 2.24) is 4.72 Å². The average molecular weight is 264 g/mol. The highest BCUT2D eigenvalue weighted by atomic mass is 35.5. The predicted octanol–water partition coefficient (Wildman–Crippen LogP) is 1.65. The molecule has 0 saturated heterocycles. The molecule has 0 aliphatic rings. The highest BCUT2D eigenvalue weighted by molar-refractivity contribution is 7.89. The van der Waals surface area contributed by atoms with Crippen LogP contribution in [-0.2, 0) is 14.8 Å². The van der Waals surface area contributed by atoms with Crippen LogP contribution in [0.5, 0.6) is 0 Å². The standard InChI is InChI=1S/C10H14ClNO3S/c1-8(7-15-2)12-16(13,14)10-6-4-3-5-9(10)11/h3-6,8,12H,7H2,1-2H3. The zero-order valence-electron chi connectivity index (χ0n) is 9.10. The summed E-state index contributed by atoms with van der Waals surface area (Å²) < 4.78 is 31.1. The van der Waals surface area contributed by atoms with Gasteiger partial charge in [-0.25, -0.2) is 13.1 Å². The van der Waals surface area contributed by atoms with Gasteiger partial charge in [0.25, 0.3) is 0 Å². The molecule has 90 valence electrons. The summed E-state index contributed by atoms with van der Waals surface area (Å²) in [5.41, 5.74) is 0. The van der Waals surface area contributed by atoms with Crippen LogP contribution in [-0.4, -0.2) is 28.2 Å². The monoisotopic (exact) mass is 263 g/mol. The Morgan fingerprint density at radius 2 is 2.06 bits per heavy atom. The van der Waals surface area contributed by atoms with Crippen LogP contribution in [0.25, 0.3) is 0 Å². The lowest BCUT2D eigenvalue weighted by Gasteiger charge is -2.13. The van der Waals surface area contributed by atoms with E-state index in [0.29, 0.717) is 6.61 Å². The smallest absolute Gasteiger partial charge is 0.242 e. The molecule has 0 aromatic heterocycles. The molecule has 4 nitrogen and oxygen atoms in total. The van der Waals surface area contributed by atoms with Gasteiger partial charge in [-0.05, 0) is 19.1 Å². The molecule has 16 heavy (non-hydrogen) atoms. The fourth-order valence-corrected chi connectivity index (χ4v) is 3.02. The number of hydrogen-bond donors (Lipinski definition) is 1. The lowest BCUT2D eigenvalue weighted by Crippen LogP contribution is -2.35. The topological polar surface area (TPSA) is 55.4 Å². The number of ether oxygens (including phenoxy) is 1. The Kier molecular flexibility index (Phi) is 4.73. The lowest BCUT2D eigenvalue weighted by atomic mass is 10.4. The molecule has 0 fully saturated rings. The first kappa shape index (κ1) is 13.4. The van der Waals surface area contributed by atoms with Crippen LogP contribution in [0.3, 0.4) is 0 Å². The minimum atomic E-state index is -3.57. The minimum absolute atomic E-state index is 0.0830. The van der Waals surface area contributed by atoms with Gasteiger partial charge < -0.3 is 4.74 Å². The van der Waals surface area contributed by atoms with Crippen molar-refractivity contribution >= 4 is 21.6 Å². The molecule has 0 bridgehead atoms. The van der Waals surface area contributed by atoms with Gasteiger partial charge in [-0.1, -0.05) is 23.7 Å². The molecular weight excluding hydrogens is 250 g/mol. The number of methoxy groups -OCH3 is 1. The Morgan fingerprint density at radius 1 is 1.44 bits per heavy atom. The quantitative estimate of drug-likeness (QED) is 0.879. The molecule has 1 rings (SSSR count). The van der Waals surface area contributed by atoms with Gasteiger partial charge in [0.05, 0.1) is 11.6 Å². The first-order chi connectivity index (χ1) is 7.47. The number of benzene rings is 1. The van der Waals surface area contributed by atoms with Crippen molar-refractivity contribution in [3.8, 4) is 0 Å². The number of halogens is 1. The summed E-state index contributed by atoms with van der Waals surface area (Å²) in [4.78, 5) is 0.0830. The Bertz CT molecular complexity index is 447. The number of sulfonamides is 1. The SMILES string of the molecule is COCC(C)NS(=O)(=O)c1ccccc1Cl. The fourth-order valence-electron chi connectivity index (χ4n) is 1.28. The average Bonchev–Trinajstić information content (AvgIpc) is 2.17. The van der Waals surface area contributed by atoms with Gasteiger partial charge in [0, 0.05) is 13.2 Å². The second-order valence-electron chi connectivity index (χ2n) is 3.41. The summed E-state index contributed by atoms with van der Waals surface area (Å²) in [5, 5.41) is 0.208. The molecule has 0 radical (unpaired) electrons. The maximum absolute atomic E-state index is 11.9. The van der Waals surface area contributed by atoms with Gasteiger partial charge in [0.15, 0.2) is 0 Å². The van der Waals surface area contributed by atoms with Crippen molar-refractivity contribution in [3.63, 3.8) is 0 Å². The maximum Gasteiger partial charge on any atom is 0.242 e. The molecule has 0 aliphatic carbocycles. The van der Waals surface area contributed by atoms with Gasteiger partial charge in [-0.3, -0.25) is 0 Å². The van der Waals surface area contributed by atoms with Gasteiger partial charge in [0.2, 0.25) is 10.0 Å². The Balaban J connectivity index is 2.91. The van der Waals surface area contributed by atoms with Crippen LogP contribution >= 0.6 is 11.6 Å². The Hall–Kier alpha value is -0.620. The summed E-state index contributed by atoms with van der Waals surface area (Å²) in [6, 6.07) is 6.01. The van der Waals surface area contributed by atoms with E-state index in [1.807, 2.05) is 0 Å².